The first kappa shape index (κ1) is 6.70. The lowest BCUT2D eigenvalue weighted by atomic mass is 10.3. The first-order chi connectivity index (χ1) is 3.13. The fourth-order valence-electron chi connectivity index (χ4n) is 0.321. The lowest BCUT2D eigenvalue weighted by Gasteiger charge is -2.09. The van der Waals surface area contributed by atoms with E-state index in [0.717, 1.165) is 10.5 Å². The van der Waals surface area contributed by atoms with Crippen LogP contribution >= 0.6 is 0 Å². The van der Waals surface area contributed by atoms with Crippen molar-refractivity contribution in [3.8, 4) is 0 Å². The van der Waals surface area contributed by atoms with Crippen LogP contribution in [0.25, 0.3) is 0 Å². The molecule has 0 aliphatic carbocycles. The average Bonchev–Trinajstić information content (AvgIpc) is 1.27. The van der Waals surface area contributed by atoms with Crippen molar-refractivity contribution in [3.05, 3.63) is 23.1 Å². The summed E-state index contributed by atoms with van der Waals surface area (Å²) in [5, 5.41) is 0. The summed E-state index contributed by atoms with van der Waals surface area (Å²) in [5.41, 5.74) is 0.771. The zero-order chi connectivity index (χ0) is 5.86. The Bertz CT molecular complexity index is 96.7. The highest BCUT2D eigenvalue weighted by Gasteiger charge is 1.54. The number of allylic oxidation sites excluding steroid dienone is 3. The van der Waals surface area contributed by atoms with Crippen molar-refractivity contribution < 1.29 is 0 Å². The summed E-state index contributed by atoms with van der Waals surface area (Å²) in [6.07, 6.45) is 1.76. The molecule has 40 valence electrons. The lowest BCUT2D eigenvalue weighted by molar-refractivity contribution is 1.51. The molecular weight excluding hydrogens is 104 g/mol. The SMILES string of the molecule is [CH-]=C(C)/C=C(/C)[S-]. The van der Waals surface area contributed by atoms with Gasteiger partial charge in [0.1, 0.15) is 0 Å². The topological polar surface area (TPSA) is 0 Å². The molecule has 0 heterocycles. The Kier molecular flexibility index (Phi) is 2.68. The zero-order valence-electron chi connectivity index (χ0n) is 4.56. The summed E-state index contributed by atoms with van der Waals surface area (Å²) in [7, 11) is 0. The van der Waals surface area contributed by atoms with Gasteiger partial charge in [0, 0.05) is 0 Å². The van der Waals surface area contributed by atoms with Gasteiger partial charge in [-0.1, -0.05) is 13.8 Å². The highest BCUT2D eigenvalue weighted by atomic mass is 32.1. The molecular formula is C6H8S-2. The van der Waals surface area contributed by atoms with Crippen LogP contribution in [0.4, 0.5) is 0 Å². The van der Waals surface area contributed by atoms with E-state index in [9.17, 15) is 0 Å². The standard InChI is InChI=1S/C6H9S/c1-5(2)4-6(3)7/h1,4,7H,2-3H3/q-1/p-1/b6-4-. The molecule has 0 fully saturated rings. The molecule has 0 nitrogen and oxygen atoms in total. The van der Waals surface area contributed by atoms with Crippen LogP contribution in [0.2, 0.25) is 0 Å². The maximum atomic E-state index is 5.27. The highest BCUT2D eigenvalue weighted by Crippen LogP contribution is 1.93. The molecule has 7 heavy (non-hydrogen) atoms. The normalized spacial score (nSPS) is 11.4. The Morgan fingerprint density at radius 2 is 2.00 bits per heavy atom. The van der Waals surface area contributed by atoms with Crippen LogP contribution in [-0.2, 0) is 12.6 Å². The molecule has 0 aromatic rings. The van der Waals surface area contributed by atoms with Gasteiger partial charge in [0.25, 0.3) is 0 Å². The van der Waals surface area contributed by atoms with Crippen LogP contribution in [-0.4, -0.2) is 0 Å². The van der Waals surface area contributed by atoms with Gasteiger partial charge in [0.05, 0.1) is 0 Å². The largest absolute Gasteiger partial charge is 0.803 e. The van der Waals surface area contributed by atoms with Crippen LogP contribution in [0.3, 0.4) is 0 Å². The summed E-state index contributed by atoms with van der Waals surface area (Å²) in [4.78, 5) is 0.833. The van der Waals surface area contributed by atoms with Gasteiger partial charge in [-0.25, -0.2) is 11.6 Å². The third kappa shape index (κ3) is 5.70. The maximum absolute atomic E-state index is 5.27. The summed E-state index contributed by atoms with van der Waals surface area (Å²) in [6.45, 7) is 8.92. The van der Waals surface area contributed by atoms with Gasteiger partial charge in [0.15, 0.2) is 0 Å². The number of rotatable bonds is 1. The second-order valence-electron chi connectivity index (χ2n) is 1.50. The monoisotopic (exact) mass is 112 g/mol. The molecule has 0 aromatic carbocycles. The molecule has 0 atom stereocenters. The molecule has 0 saturated carbocycles. The van der Waals surface area contributed by atoms with E-state index in [4.69, 9.17) is 19.2 Å². The van der Waals surface area contributed by atoms with Crippen molar-refractivity contribution in [1.82, 2.24) is 0 Å². The minimum absolute atomic E-state index is 0.771. The van der Waals surface area contributed by atoms with Crippen LogP contribution in [0.1, 0.15) is 13.8 Å². The van der Waals surface area contributed by atoms with Crippen molar-refractivity contribution in [2.45, 2.75) is 13.8 Å². The fourth-order valence-corrected chi connectivity index (χ4v) is 0.507. The van der Waals surface area contributed by atoms with Crippen molar-refractivity contribution in [1.29, 1.82) is 0 Å². The van der Waals surface area contributed by atoms with Crippen molar-refractivity contribution in [2.75, 3.05) is 0 Å². The average molecular weight is 112 g/mol. The number of hydrogen-bond donors (Lipinski definition) is 0. The predicted octanol–water partition coefficient (Wildman–Crippen LogP) is 1.82. The third-order valence-electron chi connectivity index (χ3n) is 0.431. The molecule has 0 spiro atoms. The van der Waals surface area contributed by atoms with Gasteiger partial charge in [-0.3, -0.25) is 11.5 Å². The second kappa shape index (κ2) is 2.80. The first-order valence-electron chi connectivity index (χ1n) is 2.07. The smallest absolute Gasteiger partial charge is 0.0741 e. The molecule has 0 saturated heterocycles. The van der Waals surface area contributed by atoms with Crippen molar-refractivity contribution >= 4 is 12.6 Å². The van der Waals surface area contributed by atoms with E-state index >= 15 is 0 Å². The molecule has 0 rings (SSSR count). The number of hydrogen-bond acceptors (Lipinski definition) is 1. The van der Waals surface area contributed by atoms with Crippen molar-refractivity contribution in [2.24, 2.45) is 0 Å². The van der Waals surface area contributed by atoms with E-state index < -0.39 is 0 Å². The lowest BCUT2D eigenvalue weighted by Crippen LogP contribution is -1.65. The molecule has 0 radical (unpaired) electrons. The van der Waals surface area contributed by atoms with Gasteiger partial charge in [-0.2, -0.15) is 0 Å². The molecule has 0 aromatic heterocycles. The summed E-state index contributed by atoms with van der Waals surface area (Å²) in [6, 6.07) is 0. The maximum Gasteiger partial charge on any atom is -0.0741 e. The van der Waals surface area contributed by atoms with Crippen LogP contribution in [0.15, 0.2) is 16.6 Å². The zero-order valence-corrected chi connectivity index (χ0v) is 5.38. The highest BCUT2D eigenvalue weighted by molar-refractivity contribution is 7.63. The minimum atomic E-state index is 0.771. The van der Waals surface area contributed by atoms with Crippen LogP contribution < -0.4 is 0 Å². The van der Waals surface area contributed by atoms with Gasteiger partial charge < -0.3 is 12.6 Å². The molecule has 0 unspecified atom stereocenters. The molecule has 0 aliphatic rings. The van der Waals surface area contributed by atoms with E-state index in [1.165, 1.54) is 0 Å². The molecule has 0 aliphatic heterocycles. The Labute approximate surface area is 50.3 Å². The van der Waals surface area contributed by atoms with E-state index in [1.54, 1.807) is 6.08 Å². The van der Waals surface area contributed by atoms with Gasteiger partial charge in [0.2, 0.25) is 0 Å². The van der Waals surface area contributed by atoms with E-state index in [2.05, 4.69) is 0 Å². The minimum Gasteiger partial charge on any atom is -0.803 e. The Hall–Kier alpha value is -0.300. The predicted molar refractivity (Wildman–Crippen MR) is 34.6 cm³/mol. The Balaban J connectivity index is 3.68. The molecule has 0 amide bonds. The van der Waals surface area contributed by atoms with Crippen LogP contribution in [0.5, 0.6) is 0 Å². The molecule has 0 bridgehead atoms. The summed E-state index contributed by atoms with van der Waals surface area (Å²) < 4.78 is 0. The van der Waals surface area contributed by atoms with Gasteiger partial charge >= 0.3 is 0 Å². The van der Waals surface area contributed by atoms with Gasteiger partial charge in [-0.15, -0.1) is 0 Å². The third-order valence-corrected chi connectivity index (χ3v) is 0.549. The van der Waals surface area contributed by atoms with Crippen molar-refractivity contribution in [3.63, 3.8) is 0 Å². The van der Waals surface area contributed by atoms with E-state index in [0.29, 0.717) is 0 Å². The molecule has 0 N–H and O–H groups in total. The Morgan fingerprint density at radius 3 is 2.00 bits per heavy atom. The quantitative estimate of drug-likeness (QED) is 0.283. The first-order valence-corrected chi connectivity index (χ1v) is 2.48. The summed E-state index contributed by atoms with van der Waals surface area (Å²) in [5.74, 6) is 0. The van der Waals surface area contributed by atoms with Crippen LogP contribution in [0, 0.1) is 6.58 Å². The fraction of sp³-hybridized carbons (Fsp3) is 0.333. The molecule has 1 heteroatoms. The van der Waals surface area contributed by atoms with E-state index in [1.807, 2.05) is 13.8 Å². The second-order valence-corrected chi connectivity index (χ2v) is 2.14. The Morgan fingerprint density at radius 1 is 1.57 bits per heavy atom. The van der Waals surface area contributed by atoms with E-state index in [-0.39, 0.29) is 0 Å². The summed E-state index contributed by atoms with van der Waals surface area (Å²) >= 11 is 4.72. The van der Waals surface area contributed by atoms with Gasteiger partial charge in [-0.05, 0) is 0 Å².